The molecule has 0 saturated heterocycles. The molecule has 3 nitrogen and oxygen atoms in total. The highest BCUT2D eigenvalue weighted by molar-refractivity contribution is 5.33. The first-order chi connectivity index (χ1) is 9.70. The molecule has 0 fully saturated rings. The van der Waals surface area contributed by atoms with Crippen LogP contribution >= 0.6 is 0 Å². The van der Waals surface area contributed by atoms with Crippen LogP contribution in [0.5, 0.6) is 5.88 Å². The summed E-state index contributed by atoms with van der Waals surface area (Å²) in [5.74, 6) is 0.970. The largest absolute Gasteiger partial charge is 0.475 e. The van der Waals surface area contributed by atoms with Crippen molar-refractivity contribution in [1.29, 1.82) is 0 Å². The summed E-state index contributed by atoms with van der Waals surface area (Å²) < 4.78 is 10.4. The van der Waals surface area contributed by atoms with E-state index in [1.165, 1.54) is 16.7 Å². The van der Waals surface area contributed by atoms with Crippen molar-refractivity contribution in [3.8, 4) is 5.88 Å². The molecular weight excluding hydrogens is 250 g/mol. The molecule has 0 aliphatic rings. The van der Waals surface area contributed by atoms with Crippen molar-refractivity contribution in [2.24, 2.45) is 0 Å². The van der Waals surface area contributed by atoms with E-state index in [4.69, 9.17) is 9.47 Å². The molecule has 106 valence electrons. The standard InChI is InChI=1S/C17H21NO2/c1-13-4-6-15(7-5-13)14(2)16-8-9-17(18-12-16)20-11-10-19-3/h4-9,12,14H,10-11H2,1-3H3. The number of hydrogen-bond donors (Lipinski definition) is 0. The number of nitrogens with zero attached hydrogens (tertiary/aromatic N) is 1. The van der Waals surface area contributed by atoms with Gasteiger partial charge < -0.3 is 9.47 Å². The average Bonchev–Trinajstić information content (AvgIpc) is 2.48. The molecule has 1 aromatic heterocycles. The molecule has 1 aromatic carbocycles. The zero-order valence-corrected chi connectivity index (χ0v) is 12.3. The van der Waals surface area contributed by atoms with Gasteiger partial charge >= 0.3 is 0 Å². The Balaban J connectivity index is 2.03. The van der Waals surface area contributed by atoms with E-state index in [2.05, 4.69) is 49.2 Å². The van der Waals surface area contributed by atoms with Gasteiger partial charge in [0, 0.05) is 25.3 Å². The lowest BCUT2D eigenvalue weighted by atomic mass is 9.94. The number of ether oxygens (including phenoxy) is 2. The van der Waals surface area contributed by atoms with Gasteiger partial charge in [0.15, 0.2) is 0 Å². The van der Waals surface area contributed by atoms with Gasteiger partial charge in [0.05, 0.1) is 6.61 Å². The van der Waals surface area contributed by atoms with Gasteiger partial charge in [-0.1, -0.05) is 42.8 Å². The third-order valence-electron chi connectivity index (χ3n) is 3.37. The minimum atomic E-state index is 0.330. The van der Waals surface area contributed by atoms with Crippen molar-refractivity contribution >= 4 is 0 Å². The Labute approximate surface area is 120 Å². The lowest BCUT2D eigenvalue weighted by molar-refractivity contribution is 0.143. The average molecular weight is 271 g/mol. The van der Waals surface area contributed by atoms with E-state index in [0.717, 1.165) is 0 Å². The summed E-state index contributed by atoms with van der Waals surface area (Å²) in [5.41, 5.74) is 3.76. The van der Waals surface area contributed by atoms with Crippen LogP contribution in [0.1, 0.15) is 29.5 Å². The molecule has 0 radical (unpaired) electrons. The van der Waals surface area contributed by atoms with Gasteiger partial charge in [0.25, 0.3) is 0 Å². The van der Waals surface area contributed by atoms with Crippen LogP contribution in [0.15, 0.2) is 42.6 Å². The molecule has 0 aliphatic heterocycles. The molecular formula is C17H21NO2. The van der Waals surface area contributed by atoms with E-state index in [-0.39, 0.29) is 0 Å². The fourth-order valence-corrected chi connectivity index (χ4v) is 2.01. The Kier molecular flexibility index (Phi) is 5.13. The van der Waals surface area contributed by atoms with Gasteiger partial charge in [0.1, 0.15) is 6.61 Å². The molecule has 2 aromatic rings. The first kappa shape index (κ1) is 14.5. The van der Waals surface area contributed by atoms with Gasteiger partial charge in [-0.25, -0.2) is 4.98 Å². The Hall–Kier alpha value is -1.87. The van der Waals surface area contributed by atoms with Crippen LogP contribution < -0.4 is 4.74 Å². The number of rotatable bonds is 6. The Bertz CT molecular complexity index is 520. The van der Waals surface area contributed by atoms with Crippen LogP contribution in [0.3, 0.4) is 0 Å². The predicted octanol–water partition coefficient (Wildman–Crippen LogP) is 3.57. The molecule has 0 aliphatic carbocycles. The molecule has 0 N–H and O–H groups in total. The number of aryl methyl sites for hydroxylation is 1. The van der Waals surface area contributed by atoms with Crippen molar-refractivity contribution in [2.45, 2.75) is 19.8 Å². The van der Waals surface area contributed by atoms with E-state index in [0.29, 0.717) is 25.0 Å². The predicted molar refractivity (Wildman–Crippen MR) is 80.3 cm³/mol. The Morgan fingerprint density at radius 3 is 2.30 bits per heavy atom. The number of pyridine rings is 1. The first-order valence-electron chi connectivity index (χ1n) is 6.85. The quantitative estimate of drug-likeness (QED) is 0.753. The molecule has 1 atom stereocenters. The van der Waals surface area contributed by atoms with Crippen LogP contribution in [-0.2, 0) is 4.74 Å². The highest BCUT2D eigenvalue weighted by atomic mass is 16.5. The van der Waals surface area contributed by atoms with E-state index in [9.17, 15) is 0 Å². The van der Waals surface area contributed by atoms with Crippen molar-refractivity contribution in [2.75, 3.05) is 20.3 Å². The maximum atomic E-state index is 5.47. The van der Waals surface area contributed by atoms with Crippen molar-refractivity contribution in [3.05, 3.63) is 59.3 Å². The Morgan fingerprint density at radius 1 is 1.00 bits per heavy atom. The van der Waals surface area contributed by atoms with Crippen LogP contribution in [0.25, 0.3) is 0 Å². The summed E-state index contributed by atoms with van der Waals surface area (Å²) in [6.45, 7) is 5.38. The van der Waals surface area contributed by atoms with Crippen molar-refractivity contribution < 1.29 is 9.47 Å². The van der Waals surface area contributed by atoms with Crippen LogP contribution in [0.4, 0.5) is 0 Å². The summed E-state index contributed by atoms with van der Waals surface area (Å²) in [6.07, 6.45) is 1.88. The van der Waals surface area contributed by atoms with Gasteiger partial charge in [-0.2, -0.15) is 0 Å². The minimum absolute atomic E-state index is 0.330. The van der Waals surface area contributed by atoms with Crippen molar-refractivity contribution in [3.63, 3.8) is 0 Å². The monoisotopic (exact) mass is 271 g/mol. The molecule has 2 rings (SSSR count). The first-order valence-corrected chi connectivity index (χ1v) is 6.85. The van der Waals surface area contributed by atoms with E-state index < -0.39 is 0 Å². The maximum Gasteiger partial charge on any atom is 0.213 e. The van der Waals surface area contributed by atoms with E-state index in [1.807, 2.05) is 12.3 Å². The summed E-state index contributed by atoms with van der Waals surface area (Å²) in [6, 6.07) is 12.6. The molecule has 0 spiro atoms. The van der Waals surface area contributed by atoms with Gasteiger partial charge in [-0.3, -0.25) is 0 Å². The van der Waals surface area contributed by atoms with Gasteiger partial charge in [0.2, 0.25) is 5.88 Å². The van der Waals surface area contributed by atoms with Crippen LogP contribution in [0.2, 0.25) is 0 Å². The highest BCUT2D eigenvalue weighted by Gasteiger charge is 2.08. The normalized spacial score (nSPS) is 12.2. The fourth-order valence-electron chi connectivity index (χ4n) is 2.01. The third kappa shape index (κ3) is 3.81. The lowest BCUT2D eigenvalue weighted by Crippen LogP contribution is -2.05. The smallest absolute Gasteiger partial charge is 0.213 e. The number of methoxy groups -OCH3 is 1. The second-order valence-electron chi connectivity index (χ2n) is 4.90. The molecule has 0 amide bonds. The van der Waals surface area contributed by atoms with Crippen LogP contribution in [0, 0.1) is 6.92 Å². The summed E-state index contributed by atoms with van der Waals surface area (Å²) in [7, 11) is 1.66. The highest BCUT2D eigenvalue weighted by Crippen LogP contribution is 2.24. The van der Waals surface area contributed by atoms with Gasteiger partial charge in [-0.05, 0) is 18.1 Å². The van der Waals surface area contributed by atoms with Crippen LogP contribution in [-0.4, -0.2) is 25.3 Å². The SMILES string of the molecule is COCCOc1ccc(C(C)c2ccc(C)cc2)cn1. The topological polar surface area (TPSA) is 31.4 Å². The molecule has 1 heterocycles. The molecule has 3 heteroatoms. The Morgan fingerprint density at radius 2 is 1.70 bits per heavy atom. The summed E-state index contributed by atoms with van der Waals surface area (Å²) in [5, 5.41) is 0. The molecule has 0 saturated carbocycles. The zero-order valence-electron chi connectivity index (χ0n) is 12.3. The lowest BCUT2D eigenvalue weighted by Gasteiger charge is -2.13. The molecule has 0 bridgehead atoms. The number of hydrogen-bond acceptors (Lipinski definition) is 3. The second-order valence-corrected chi connectivity index (χ2v) is 4.90. The third-order valence-corrected chi connectivity index (χ3v) is 3.37. The number of benzene rings is 1. The zero-order chi connectivity index (χ0) is 14.4. The van der Waals surface area contributed by atoms with E-state index in [1.54, 1.807) is 7.11 Å². The minimum Gasteiger partial charge on any atom is -0.475 e. The second kappa shape index (κ2) is 7.06. The van der Waals surface area contributed by atoms with Gasteiger partial charge in [-0.15, -0.1) is 0 Å². The molecule has 1 unspecified atom stereocenters. The summed E-state index contributed by atoms with van der Waals surface area (Å²) in [4.78, 5) is 4.34. The summed E-state index contributed by atoms with van der Waals surface area (Å²) >= 11 is 0. The molecule has 20 heavy (non-hydrogen) atoms. The maximum absolute atomic E-state index is 5.47. The fraction of sp³-hybridized carbons (Fsp3) is 0.353. The van der Waals surface area contributed by atoms with E-state index >= 15 is 0 Å². The van der Waals surface area contributed by atoms with Crippen molar-refractivity contribution in [1.82, 2.24) is 4.98 Å². The number of aromatic nitrogens is 1.